The molecule has 3 rings (SSSR count). The second-order valence-electron chi connectivity index (χ2n) is 9.71. The maximum absolute atomic E-state index is 11.7. The van der Waals surface area contributed by atoms with E-state index in [-0.39, 0.29) is 34.5 Å². The number of carboxylic acid groups (broad SMARTS) is 1. The zero-order valence-electron chi connectivity index (χ0n) is 18.6. The fourth-order valence-electron chi connectivity index (χ4n) is 4.23. The number of amides is 1. The third-order valence-electron chi connectivity index (χ3n) is 6.16. The van der Waals surface area contributed by atoms with Crippen molar-refractivity contribution in [1.82, 2.24) is 14.9 Å². The number of aromatic nitrogens is 2. The molecule has 2 atom stereocenters. The Morgan fingerprint density at radius 2 is 2.06 bits per heavy atom. The van der Waals surface area contributed by atoms with Crippen LogP contribution in [0.1, 0.15) is 53.4 Å². The Balaban J connectivity index is 1.80. The molecule has 0 aliphatic carbocycles. The molecule has 31 heavy (non-hydrogen) atoms. The van der Waals surface area contributed by atoms with Crippen molar-refractivity contribution in [2.75, 3.05) is 30.4 Å². The van der Waals surface area contributed by atoms with Crippen LogP contribution in [0.25, 0.3) is 0 Å². The predicted octanol–water partition coefficient (Wildman–Crippen LogP) is 3.33. The molecule has 172 valence electrons. The Morgan fingerprint density at radius 3 is 2.65 bits per heavy atom. The van der Waals surface area contributed by atoms with Crippen LogP contribution < -0.4 is 10.6 Å². The third-order valence-corrected chi connectivity index (χ3v) is 6.16. The summed E-state index contributed by atoms with van der Waals surface area (Å²) in [5.74, 6) is 0.479. The number of rotatable bonds is 5. The van der Waals surface area contributed by atoms with E-state index in [9.17, 15) is 20.0 Å². The van der Waals surface area contributed by atoms with Crippen molar-refractivity contribution < 1.29 is 19.6 Å². The van der Waals surface area contributed by atoms with Gasteiger partial charge in [0.2, 0.25) is 11.8 Å². The maximum Gasteiger partial charge on any atom is 0.407 e. The van der Waals surface area contributed by atoms with Crippen molar-refractivity contribution in [1.29, 1.82) is 0 Å². The molecule has 0 aromatic carbocycles. The fraction of sp³-hybridized carbons (Fsp3) is 0.750. The monoisotopic (exact) mass is 436 g/mol. The highest BCUT2D eigenvalue weighted by molar-refractivity contribution is 5.66. The quantitative estimate of drug-likeness (QED) is 0.468. The summed E-state index contributed by atoms with van der Waals surface area (Å²) in [4.78, 5) is 32.8. The summed E-state index contributed by atoms with van der Waals surface area (Å²) in [6.07, 6.45) is 2.93. The van der Waals surface area contributed by atoms with Crippen molar-refractivity contribution >= 4 is 23.5 Å². The Morgan fingerprint density at radius 1 is 1.39 bits per heavy atom. The first-order chi connectivity index (χ1) is 14.5. The molecule has 2 fully saturated rings. The first-order valence-corrected chi connectivity index (χ1v) is 10.6. The normalized spacial score (nSPS) is 23.8. The predicted molar refractivity (Wildman–Crippen MR) is 115 cm³/mol. The molecule has 11 nitrogen and oxygen atoms in total. The number of nitrogens with one attached hydrogen (secondary N) is 2. The molecule has 0 bridgehead atoms. The van der Waals surface area contributed by atoms with E-state index in [1.807, 2.05) is 20.8 Å². The minimum Gasteiger partial charge on any atom is -0.465 e. The van der Waals surface area contributed by atoms with Crippen LogP contribution in [-0.4, -0.2) is 68.4 Å². The number of piperidine rings is 1. The minimum absolute atomic E-state index is 0.139. The van der Waals surface area contributed by atoms with Crippen LogP contribution in [-0.2, 0) is 4.74 Å². The van der Waals surface area contributed by atoms with Gasteiger partial charge in [-0.1, -0.05) is 20.8 Å². The van der Waals surface area contributed by atoms with Gasteiger partial charge in [0.25, 0.3) is 0 Å². The third kappa shape index (κ3) is 5.52. The number of nitrogens with zero attached hydrogens (tertiary/aromatic N) is 4. The Kier molecular flexibility index (Phi) is 6.54. The smallest absolute Gasteiger partial charge is 0.407 e. The van der Waals surface area contributed by atoms with E-state index in [0.717, 1.165) is 12.8 Å². The lowest BCUT2D eigenvalue weighted by atomic mass is 9.79. The van der Waals surface area contributed by atoms with Crippen molar-refractivity contribution in [2.24, 2.45) is 5.41 Å². The highest BCUT2D eigenvalue weighted by atomic mass is 16.6. The van der Waals surface area contributed by atoms with E-state index in [0.29, 0.717) is 38.5 Å². The molecule has 2 unspecified atom stereocenters. The molecule has 1 amide bonds. The van der Waals surface area contributed by atoms with Crippen molar-refractivity contribution in [3.63, 3.8) is 0 Å². The van der Waals surface area contributed by atoms with Gasteiger partial charge in [0, 0.05) is 37.4 Å². The summed E-state index contributed by atoms with van der Waals surface area (Å²) in [5, 5.41) is 27.6. The average molecular weight is 437 g/mol. The molecule has 1 aromatic heterocycles. The summed E-state index contributed by atoms with van der Waals surface area (Å²) < 4.78 is 5.41. The van der Waals surface area contributed by atoms with Crippen molar-refractivity contribution in [3.05, 3.63) is 16.3 Å². The number of nitro groups is 1. The lowest BCUT2D eigenvalue weighted by Crippen LogP contribution is -2.54. The average Bonchev–Trinajstić information content (AvgIpc) is 2.67. The van der Waals surface area contributed by atoms with Crippen LogP contribution in [0.2, 0.25) is 0 Å². The van der Waals surface area contributed by atoms with Crippen LogP contribution in [0.4, 0.5) is 22.2 Å². The van der Waals surface area contributed by atoms with Crippen LogP contribution in [0.3, 0.4) is 0 Å². The van der Waals surface area contributed by atoms with Gasteiger partial charge in [-0.3, -0.25) is 10.1 Å². The molecule has 11 heteroatoms. The summed E-state index contributed by atoms with van der Waals surface area (Å²) in [6.45, 7) is 9.69. The van der Waals surface area contributed by atoms with Gasteiger partial charge < -0.3 is 25.4 Å². The molecule has 1 aromatic rings. The van der Waals surface area contributed by atoms with Crippen molar-refractivity contribution in [3.8, 4) is 0 Å². The zero-order valence-corrected chi connectivity index (χ0v) is 18.6. The minimum atomic E-state index is -0.942. The van der Waals surface area contributed by atoms with Crippen molar-refractivity contribution in [2.45, 2.75) is 71.0 Å². The number of likely N-dealkylation sites (tertiary alicyclic amines) is 1. The topological polar surface area (TPSA) is 143 Å². The van der Waals surface area contributed by atoms with Gasteiger partial charge in [-0.2, -0.15) is 4.98 Å². The summed E-state index contributed by atoms with van der Waals surface area (Å²) in [6, 6.07) is -0.351. The molecule has 2 aliphatic heterocycles. The first kappa shape index (κ1) is 23.0. The van der Waals surface area contributed by atoms with Gasteiger partial charge in [0.15, 0.2) is 0 Å². The summed E-state index contributed by atoms with van der Waals surface area (Å²) in [5.41, 5.74) is -0.702. The van der Waals surface area contributed by atoms with E-state index in [2.05, 4.69) is 27.5 Å². The molecular formula is C20H32N6O5. The van der Waals surface area contributed by atoms with E-state index >= 15 is 0 Å². The van der Waals surface area contributed by atoms with Gasteiger partial charge in [0.05, 0.1) is 4.92 Å². The number of carbonyl (C=O) groups is 1. The number of anilines is 2. The summed E-state index contributed by atoms with van der Waals surface area (Å²) in [7, 11) is 0. The van der Waals surface area contributed by atoms with Crippen LogP contribution >= 0.6 is 0 Å². The molecule has 0 spiro atoms. The van der Waals surface area contributed by atoms with Gasteiger partial charge in [0.1, 0.15) is 6.20 Å². The second kappa shape index (κ2) is 8.81. The van der Waals surface area contributed by atoms with Gasteiger partial charge >= 0.3 is 11.8 Å². The lowest BCUT2D eigenvalue weighted by Gasteiger charge is -2.44. The highest BCUT2D eigenvalue weighted by Gasteiger charge is 2.39. The zero-order chi connectivity index (χ0) is 22.8. The van der Waals surface area contributed by atoms with Crippen LogP contribution in [0.5, 0.6) is 0 Å². The lowest BCUT2D eigenvalue weighted by molar-refractivity contribution is -0.384. The Hall–Kier alpha value is -2.69. The van der Waals surface area contributed by atoms with Crippen LogP contribution in [0, 0.1) is 15.5 Å². The van der Waals surface area contributed by atoms with Gasteiger partial charge in [-0.25, -0.2) is 9.78 Å². The van der Waals surface area contributed by atoms with Gasteiger partial charge in [-0.05, 0) is 38.0 Å². The Labute approximate surface area is 181 Å². The van der Waals surface area contributed by atoms with E-state index in [1.54, 1.807) is 0 Å². The van der Waals surface area contributed by atoms with E-state index in [1.165, 1.54) is 11.1 Å². The molecule has 3 heterocycles. The molecule has 0 radical (unpaired) electrons. The first-order valence-electron chi connectivity index (χ1n) is 10.6. The van der Waals surface area contributed by atoms with Crippen LogP contribution in [0.15, 0.2) is 6.20 Å². The summed E-state index contributed by atoms with van der Waals surface area (Å²) >= 11 is 0. The fourth-order valence-corrected chi connectivity index (χ4v) is 4.23. The molecule has 3 N–H and O–H groups in total. The molecule has 2 aliphatic rings. The Bertz CT molecular complexity index is 821. The number of hydrogen-bond donors (Lipinski definition) is 3. The molecule has 2 saturated heterocycles. The number of hydrogen-bond acceptors (Lipinski definition) is 8. The maximum atomic E-state index is 11.7. The SMILES string of the molecule is CC1(Nc2ncc([N+](=O)[O-])c(NC3CCN(C(=O)O)C(C(C)(C)C)C3)n2)CCOCC1. The molecule has 0 saturated carbocycles. The highest BCUT2D eigenvalue weighted by Crippen LogP contribution is 2.34. The van der Waals surface area contributed by atoms with Gasteiger partial charge in [-0.15, -0.1) is 0 Å². The van der Waals surface area contributed by atoms with E-state index in [4.69, 9.17) is 4.74 Å². The standard InChI is InChI=1S/C20H32N6O5/c1-19(2,3)15-11-13(5-8-25(15)18(27)28)22-16-14(26(29)30)12-21-17(23-16)24-20(4)6-9-31-10-7-20/h12-13,15H,5-11H2,1-4H3,(H,27,28)(H2,21,22,23,24). The molecular weight excluding hydrogens is 404 g/mol. The second-order valence-corrected chi connectivity index (χ2v) is 9.71. The number of ether oxygens (including phenoxy) is 1. The van der Waals surface area contributed by atoms with E-state index < -0.39 is 11.0 Å². The largest absolute Gasteiger partial charge is 0.465 e.